The lowest BCUT2D eigenvalue weighted by Gasteiger charge is -2.14. The van der Waals surface area contributed by atoms with Gasteiger partial charge in [-0.15, -0.1) is 0 Å². The number of primary sulfonamides is 1. The van der Waals surface area contributed by atoms with Gasteiger partial charge < -0.3 is 37.1 Å². The van der Waals surface area contributed by atoms with Gasteiger partial charge in [0.1, 0.15) is 29.2 Å². The summed E-state index contributed by atoms with van der Waals surface area (Å²) in [5.41, 5.74) is 13.1. The van der Waals surface area contributed by atoms with Crippen LogP contribution in [0.3, 0.4) is 0 Å². The Balaban J connectivity index is 1.71. The van der Waals surface area contributed by atoms with Crippen LogP contribution in [-0.2, 0) is 26.0 Å². The van der Waals surface area contributed by atoms with E-state index < -0.39 is 22.0 Å². The van der Waals surface area contributed by atoms with E-state index in [0.717, 1.165) is 18.2 Å². The maximum Gasteiger partial charge on any atom is 0.320 e. The third-order valence-corrected chi connectivity index (χ3v) is 7.66. The number of amides is 1. The molecular weight excluding hydrogens is 578 g/mol. The fraction of sp³-hybridized carbons (Fsp3) is 0.214. The molecule has 0 saturated carbocycles. The number of unbranched alkanes of at least 4 members (excludes halogenated alkanes) is 1. The van der Waals surface area contributed by atoms with Gasteiger partial charge in [0.25, 0.3) is 0 Å². The molecule has 1 heterocycles. The van der Waals surface area contributed by atoms with Crippen LogP contribution in [0.25, 0.3) is 33.5 Å². The van der Waals surface area contributed by atoms with Gasteiger partial charge in [-0.25, -0.2) is 18.5 Å². The number of aromatic nitrogens is 2. The first kappa shape index (κ1) is 31.0. The first-order valence-electron chi connectivity index (χ1n) is 13.1. The second kappa shape index (κ2) is 12.5. The average Bonchev–Trinajstić information content (AvgIpc) is 3.36. The molecule has 0 aliphatic heterocycles. The normalized spacial score (nSPS) is 12.2. The number of rotatable bonds is 12. The van der Waals surface area contributed by atoms with E-state index in [0.29, 0.717) is 35.0 Å². The van der Waals surface area contributed by atoms with Crippen molar-refractivity contribution in [3.05, 3.63) is 59.7 Å². The Bertz CT molecular complexity index is 1840. The van der Waals surface area contributed by atoms with Gasteiger partial charge in [0, 0.05) is 23.2 Å². The van der Waals surface area contributed by atoms with Crippen molar-refractivity contribution in [2.75, 3.05) is 6.54 Å². The highest BCUT2D eigenvalue weighted by molar-refractivity contribution is 7.89. The number of hydrogen-bond acceptors (Lipinski definition) is 9. The van der Waals surface area contributed by atoms with Crippen LogP contribution in [0.4, 0.5) is 0 Å². The van der Waals surface area contributed by atoms with Crippen LogP contribution in [0.1, 0.15) is 30.4 Å². The van der Waals surface area contributed by atoms with Crippen molar-refractivity contribution in [2.24, 2.45) is 16.6 Å². The molecule has 0 aliphatic rings. The molecule has 1 amide bonds. The summed E-state index contributed by atoms with van der Waals surface area (Å²) in [5.74, 6) is -2.11. The van der Waals surface area contributed by atoms with Crippen molar-refractivity contribution in [3.63, 3.8) is 0 Å². The number of H-pyrrole nitrogens is 1. The highest BCUT2D eigenvalue weighted by Crippen LogP contribution is 2.42. The molecule has 1 unspecified atom stereocenters. The van der Waals surface area contributed by atoms with Crippen LogP contribution in [0.15, 0.2) is 53.4 Å². The number of imidazole rings is 1. The van der Waals surface area contributed by atoms with Crippen molar-refractivity contribution in [1.29, 1.82) is 5.41 Å². The molecule has 0 saturated heterocycles. The summed E-state index contributed by atoms with van der Waals surface area (Å²) in [6.07, 6.45) is 1.12. The van der Waals surface area contributed by atoms with Crippen molar-refractivity contribution >= 4 is 38.8 Å². The lowest BCUT2D eigenvalue weighted by Crippen LogP contribution is -2.30. The van der Waals surface area contributed by atoms with Crippen molar-refractivity contribution in [3.8, 4) is 34.0 Å². The Labute approximate surface area is 246 Å². The van der Waals surface area contributed by atoms with Gasteiger partial charge >= 0.3 is 5.97 Å². The Morgan fingerprint density at radius 3 is 2.42 bits per heavy atom. The number of nitrogen functional groups attached to an aromatic ring is 1. The van der Waals surface area contributed by atoms with Crippen molar-refractivity contribution < 1.29 is 33.3 Å². The lowest BCUT2D eigenvalue weighted by atomic mass is 9.95. The second-order valence-corrected chi connectivity index (χ2v) is 11.5. The lowest BCUT2D eigenvalue weighted by molar-refractivity contribution is -0.138. The molecule has 0 spiro atoms. The SMILES string of the molecule is N=C(N)c1ccc2[nH]c(-c3cc(CC(=O)NCCCCC(N)C(=O)O)cc(-c4cc(S(N)(=O)=O)ccc4O)c3O)nc2c1. The van der Waals surface area contributed by atoms with Gasteiger partial charge in [0.15, 0.2) is 0 Å². The van der Waals surface area contributed by atoms with Gasteiger partial charge in [-0.2, -0.15) is 0 Å². The third-order valence-electron chi connectivity index (χ3n) is 6.75. The molecule has 12 N–H and O–H groups in total. The second-order valence-electron chi connectivity index (χ2n) is 9.96. The molecular formula is C28H31N7O7S. The number of hydrogen-bond donors (Lipinski definition) is 9. The smallest absolute Gasteiger partial charge is 0.320 e. The number of carbonyl (C=O) groups excluding carboxylic acids is 1. The highest BCUT2D eigenvalue weighted by Gasteiger charge is 2.21. The number of aromatic hydroxyl groups is 2. The van der Waals surface area contributed by atoms with Gasteiger partial charge in [0.05, 0.1) is 27.9 Å². The van der Waals surface area contributed by atoms with Gasteiger partial charge in [0.2, 0.25) is 15.9 Å². The molecule has 0 aliphatic carbocycles. The number of nitrogens with zero attached hydrogens (tertiary/aromatic N) is 1. The van der Waals surface area contributed by atoms with E-state index in [1.165, 1.54) is 12.1 Å². The number of fused-ring (bicyclic) bond motifs is 1. The number of carbonyl (C=O) groups is 2. The van der Waals surface area contributed by atoms with E-state index >= 15 is 0 Å². The first-order chi connectivity index (χ1) is 20.2. The average molecular weight is 610 g/mol. The van der Waals surface area contributed by atoms with E-state index in [1.807, 2.05) is 0 Å². The largest absolute Gasteiger partial charge is 0.507 e. The highest BCUT2D eigenvalue weighted by atomic mass is 32.2. The number of carboxylic acid groups (broad SMARTS) is 1. The molecule has 226 valence electrons. The summed E-state index contributed by atoms with van der Waals surface area (Å²) in [5, 5.41) is 46.6. The van der Waals surface area contributed by atoms with E-state index in [-0.39, 0.29) is 70.0 Å². The number of benzene rings is 3. The van der Waals surface area contributed by atoms with E-state index in [9.17, 15) is 28.2 Å². The van der Waals surface area contributed by atoms with E-state index in [2.05, 4.69) is 15.3 Å². The van der Waals surface area contributed by atoms with Crippen LogP contribution < -0.4 is 21.9 Å². The molecule has 4 rings (SSSR count). The molecule has 1 aromatic heterocycles. The number of amidine groups is 1. The topological polar surface area (TPSA) is 272 Å². The zero-order chi connectivity index (χ0) is 31.5. The van der Waals surface area contributed by atoms with E-state index in [1.54, 1.807) is 18.2 Å². The minimum absolute atomic E-state index is 0.0239. The van der Waals surface area contributed by atoms with Crippen LogP contribution >= 0.6 is 0 Å². The van der Waals surface area contributed by atoms with Crippen LogP contribution in [0, 0.1) is 5.41 Å². The molecule has 43 heavy (non-hydrogen) atoms. The number of aromatic amines is 1. The molecule has 14 nitrogen and oxygen atoms in total. The molecule has 0 bridgehead atoms. The van der Waals surface area contributed by atoms with Crippen molar-refractivity contribution in [2.45, 2.75) is 36.6 Å². The van der Waals surface area contributed by atoms with Gasteiger partial charge in [-0.05, 0) is 73.4 Å². The minimum Gasteiger partial charge on any atom is -0.507 e. The van der Waals surface area contributed by atoms with Crippen LogP contribution in [-0.4, -0.2) is 64.0 Å². The van der Waals surface area contributed by atoms with Crippen molar-refractivity contribution in [1.82, 2.24) is 15.3 Å². The Morgan fingerprint density at radius 2 is 1.74 bits per heavy atom. The molecule has 3 aromatic carbocycles. The number of phenols is 2. The number of sulfonamides is 1. The summed E-state index contributed by atoms with van der Waals surface area (Å²) in [7, 11) is -4.15. The zero-order valence-corrected chi connectivity index (χ0v) is 23.6. The standard InChI is InChI=1S/C28H31N7O7S/c29-20(28(39)40)3-1-2-8-33-24(37)11-14-9-18(17-13-16(43(32,41)42)5-7-23(17)36)25(38)19(10-14)27-34-21-6-4-15(26(30)31)12-22(21)35-27/h4-7,9-10,12-13,20,36,38H,1-3,8,11,29H2,(H3,30,31)(H,33,37)(H,34,35)(H,39,40)(H2,32,41,42). The first-order valence-corrected chi connectivity index (χ1v) is 14.6. The predicted molar refractivity (Wildman–Crippen MR) is 159 cm³/mol. The Kier molecular flexibility index (Phi) is 8.99. The van der Waals surface area contributed by atoms with Crippen LogP contribution in [0.2, 0.25) is 0 Å². The summed E-state index contributed by atoms with van der Waals surface area (Å²) < 4.78 is 24.0. The number of aliphatic carboxylic acids is 1. The van der Waals surface area contributed by atoms with Crippen LogP contribution in [0.5, 0.6) is 11.5 Å². The fourth-order valence-electron chi connectivity index (χ4n) is 4.48. The predicted octanol–water partition coefficient (Wildman–Crippen LogP) is 1.48. The third kappa shape index (κ3) is 7.27. The summed E-state index contributed by atoms with van der Waals surface area (Å²) in [6.45, 7) is 0.280. The zero-order valence-electron chi connectivity index (χ0n) is 22.8. The van der Waals surface area contributed by atoms with E-state index in [4.69, 9.17) is 27.1 Å². The summed E-state index contributed by atoms with van der Waals surface area (Å²) >= 11 is 0. The fourth-order valence-corrected chi connectivity index (χ4v) is 5.02. The Morgan fingerprint density at radius 1 is 1.02 bits per heavy atom. The molecule has 0 fully saturated rings. The quantitative estimate of drug-likeness (QED) is 0.0634. The summed E-state index contributed by atoms with van der Waals surface area (Å²) in [4.78, 5) is 31.0. The monoisotopic (exact) mass is 609 g/mol. The number of carboxylic acids is 1. The van der Waals surface area contributed by atoms with Gasteiger partial charge in [-0.1, -0.05) is 0 Å². The number of nitrogens with two attached hydrogens (primary N) is 3. The molecule has 4 aromatic rings. The minimum atomic E-state index is -4.15. The number of phenolic OH excluding ortho intramolecular Hbond substituents is 2. The molecule has 15 heteroatoms. The molecule has 1 atom stereocenters. The molecule has 0 radical (unpaired) electrons. The maximum atomic E-state index is 12.8. The Hall–Kier alpha value is -4.99. The summed E-state index contributed by atoms with van der Waals surface area (Å²) in [6, 6.07) is 10.3. The number of nitrogens with one attached hydrogen (secondary N) is 3. The van der Waals surface area contributed by atoms with Gasteiger partial charge in [-0.3, -0.25) is 15.0 Å². The maximum absolute atomic E-state index is 12.8.